The molecular formula is C11H7ClNO3-. The van der Waals surface area contributed by atoms with Crippen LogP contribution in [0.1, 0.15) is 10.4 Å². The molecule has 0 N–H and O–H groups in total. The van der Waals surface area contributed by atoms with Crippen molar-refractivity contribution < 1.29 is 14.6 Å². The fourth-order valence-electron chi connectivity index (χ4n) is 1.39. The molecule has 0 fully saturated rings. The van der Waals surface area contributed by atoms with E-state index in [0.29, 0.717) is 16.7 Å². The van der Waals surface area contributed by atoms with Gasteiger partial charge in [0.05, 0.1) is 18.6 Å². The van der Waals surface area contributed by atoms with Crippen molar-refractivity contribution in [3.63, 3.8) is 0 Å². The van der Waals surface area contributed by atoms with Gasteiger partial charge in [-0.15, -0.1) is 0 Å². The number of hydrogen-bond donors (Lipinski definition) is 0. The van der Waals surface area contributed by atoms with Gasteiger partial charge in [-0.05, 0) is 18.2 Å². The van der Waals surface area contributed by atoms with E-state index < -0.39 is 5.97 Å². The molecule has 0 aliphatic heterocycles. The van der Waals surface area contributed by atoms with Crippen LogP contribution in [0.2, 0.25) is 5.15 Å². The molecule has 2 rings (SSSR count). The van der Waals surface area contributed by atoms with Crippen molar-refractivity contribution >= 4 is 28.5 Å². The van der Waals surface area contributed by atoms with Crippen molar-refractivity contribution in [2.75, 3.05) is 7.11 Å². The molecule has 0 spiro atoms. The number of pyridine rings is 1. The molecule has 0 aliphatic rings. The standard InChI is InChI=1S/C11H8ClNO3/c1-16-7-3-2-6-4-8(11(14)15)10(12)13-9(6)5-7/h2-5H,1H3,(H,14,15)/p-1. The van der Waals surface area contributed by atoms with Crippen LogP contribution >= 0.6 is 11.6 Å². The number of methoxy groups -OCH3 is 1. The molecule has 16 heavy (non-hydrogen) atoms. The zero-order valence-electron chi connectivity index (χ0n) is 8.36. The van der Waals surface area contributed by atoms with Crippen LogP contribution in [0.3, 0.4) is 0 Å². The van der Waals surface area contributed by atoms with Crippen LogP contribution < -0.4 is 9.84 Å². The summed E-state index contributed by atoms with van der Waals surface area (Å²) in [6, 6.07) is 6.54. The number of hydrogen-bond acceptors (Lipinski definition) is 4. The number of carboxylic acids is 1. The van der Waals surface area contributed by atoms with Gasteiger partial charge >= 0.3 is 0 Å². The molecule has 0 saturated heterocycles. The predicted molar refractivity (Wildman–Crippen MR) is 57.6 cm³/mol. The average Bonchev–Trinajstić information content (AvgIpc) is 2.27. The molecule has 82 valence electrons. The first kappa shape index (κ1) is 10.7. The summed E-state index contributed by atoms with van der Waals surface area (Å²) in [5, 5.41) is 11.3. The summed E-state index contributed by atoms with van der Waals surface area (Å²) in [5.41, 5.74) is 0.466. The second-order valence-corrected chi connectivity index (χ2v) is 3.53. The molecule has 2 aromatic rings. The highest BCUT2D eigenvalue weighted by atomic mass is 35.5. The molecule has 0 amide bonds. The van der Waals surface area contributed by atoms with E-state index in [4.69, 9.17) is 16.3 Å². The third-order valence-electron chi connectivity index (χ3n) is 2.20. The Labute approximate surface area is 96.4 Å². The van der Waals surface area contributed by atoms with E-state index in [0.717, 1.165) is 0 Å². The Morgan fingerprint density at radius 3 is 2.81 bits per heavy atom. The lowest BCUT2D eigenvalue weighted by Gasteiger charge is -2.07. The van der Waals surface area contributed by atoms with Crippen molar-refractivity contribution in [2.45, 2.75) is 0 Å². The Morgan fingerprint density at radius 1 is 1.44 bits per heavy atom. The Bertz CT molecular complexity index is 568. The molecule has 1 heterocycles. The molecule has 0 atom stereocenters. The summed E-state index contributed by atoms with van der Waals surface area (Å²) >= 11 is 5.72. The number of fused-ring (bicyclic) bond motifs is 1. The maximum Gasteiger partial charge on any atom is 0.138 e. The maximum absolute atomic E-state index is 10.7. The van der Waals surface area contributed by atoms with E-state index >= 15 is 0 Å². The number of ether oxygens (including phenoxy) is 1. The fourth-order valence-corrected chi connectivity index (χ4v) is 1.62. The lowest BCUT2D eigenvalue weighted by Crippen LogP contribution is -2.22. The zero-order valence-corrected chi connectivity index (χ0v) is 9.12. The van der Waals surface area contributed by atoms with Gasteiger partial charge in [0.1, 0.15) is 10.9 Å². The van der Waals surface area contributed by atoms with Crippen molar-refractivity contribution in [3.8, 4) is 5.75 Å². The number of carboxylic acid groups (broad SMARTS) is 1. The predicted octanol–water partition coefficient (Wildman–Crippen LogP) is 1.26. The minimum atomic E-state index is -1.34. The van der Waals surface area contributed by atoms with Gasteiger partial charge in [0.25, 0.3) is 0 Å². The van der Waals surface area contributed by atoms with Crippen molar-refractivity contribution in [1.82, 2.24) is 4.98 Å². The molecule has 1 aromatic carbocycles. The molecule has 0 radical (unpaired) electrons. The maximum atomic E-state index is 10.7. The minimum Gasteiger partial charge on any atom is -0.545 e. The van der Waals surface area contributed by atoms with Crippen molar-refractivity contribution in [1.29, 1.82) is 0 Å². The molecule has 0 saturated carbocycles. The monoisotopic (exact) mass is 236 g/mol. The van der Waals surface area contributed by atoms with E-state index in [-0.39, 0.29) is 10.7 Å². The second-order valence-electron chi connectivity index (χ2n) is 3.17. The molecule has 0 aliphatic carbocycles. The molecule has 1 aromatic heterocycles. The first-order chi connectivity index (χ1) is 7.61. The van der Waals surface area contributed by atoms with Gasteiger partial charge < -0.3 is 14.6 Å². The van der Waals surface area contributed by atoms with E-state index in [1.165, 1.54) is 13.2 Å². The van der Waals surface area contributed by atoms with Gasteiger partial charge in [0, 0.05) is 17.0 Å². The second kappa shape index (κ2) is 3.98. The summed E-state index contributed by atoms with van der Waals surface area (Å²) in [5.74, 6) is -0.701. The number of aromatic carboxylic acids is 1. The number of rotatable bonds is 2. The lowest BCUT2D eigenvalue weighted by atomic mass is 10.1. The Balaban J connectivity index is 2.68. The SMILES string of the molecule is COc1ccc2cc(C(=O)[O-])c(Cl)nc2c1. The van der Waals surface area contributed by atoms with Crippen LogP contribution in [0, 0.1) is 0 Å². The van der Waals surface area contributed by atoms with Crippen LogP contribution in [0.25, 0.3) is 10.9 Å². The molecule has 0 unspecified atom stereocenters. The molecular weight excluding hydrogens is 230 g/mol. The van der Waals surface area contributed by atoms with Gasteiger partial charge in [-0.25, -0.2) is 4.98 Å². The summed E-state index contributed by atoms with van der Waals surface area (Å²) in [6.07, 6.45) is 0. The lowest BCUT2D eigenvalue weighted by molar-refractivity contribution is -0.255. The number of aromatic nitrogens is 1. The van der Waals surface area contributed by atoms with Gasteiger partial charge in [0.2, 0.25) is 0 Å². The quantitative estimate of drug-likeness (QED) is 0.737. The minimum absolute atomic E-state index is 0.0826. The smallest absolute Gasteiger partial charge is 0.138 e. The van der Waals surface area contributed by atoms with Gasteiger partial charge in [-0.1, -0.05) is 11.6 Å². The van der Waals surface area contributed by atoms with Crippen LogP contribution in [0.15, 0.2) is 24.3 Å². The number of halogens is 1. The van der Waals surface area contributed by atoms with Crippen LogP contribution in [0.4, 0.5) is 0 Å². The zero-order chi connectivity index (χ0) is 11.7. The van der Waals surface area contributed by atoms with Crippen LogP contribution in [-0.2, 0) is 0 Å². The average molecular weight is 237 g/mol. The first-order valence-corrected chi connectivity index (χ1v) is 4.85. The number of nitrogens with zero attached hydrogens (tertiary/aromatic N) is 1. The Kier molecular flexibility index (Phi) is 2.66. The Hall–Kier alpha value is -1.81. The topological polar surface area (TPSA) is 62.2 Å². The normalized spacial score (nSPS) is 10.4. The summed E-state index contributed by atoms with van der Waals surface area (Å²) in [7, 11) is 1.54. The van der Waals surface area contributed by atoms with Crippen LogP contribution in [0.5, 0.6) is 5.75 Å². The van der Waals surface area contributed by atoms with Gasteiger partial charge in [0.15, 0.2) is 0 Å². The van der Waals surface area contributed by atoms with E-state index in [1.54, 1.807) is 18.2 Å². The van der Waals surface area contributed by atoms with Crippen molar-refractivity contribution in [3.05, 3.63) is 35.0 Å². The summed E-state index contributed by atoms with van der Waals surface area (Å²) in [4.78, 5) is 14.7. The number of benzene rings is 1. The molecule has 0 bridgehead atoms. The highest BCUT2D eigenvalue weighted by Crippen LogP contribution is 2.23. The van der Waals surface area contributed by atoms with E-state index in [1.807, 2.05) is 0 Å². The van der Waals surface area contributed by atoms with Crippen LogP contribution in [-0.4, -0.2) is 18.1 Å². The largest absolute Gasteiger partial charge is 0.545 e. The summed E-state index contributed by atoms with van der Waals surface area (Å²) in [6.45, 7) is 0. The highest BCUT2D eigenvalue weighted by molar-refractivity contribution is 6.32. The highest BCUT2D eigenvalue weighted by Gasteiger charge is 2.06. The van der Waals surface area contributed by atoms with E-state index in [9.17, 15) is 9.90 Å². The summed E-state index contributed by atoms with van der Waals surface area (Å²) < 4.78 is 5.03. The van der Waals surface area contributed by atoms with Crippen molar-refractivity contribution in [2.24, 2.45) is 0 Å². The van der Waals surface area contributed by atoms with Gasteiger partial charge in [-0.2, -0.15) is 0 Å². The Morgan fingerprint density at radius 2 is 2.19 bits per heavy atom. The van der Waals surface area contributed by atoms with Gasteiger partial charge in [-0.3, -0.25) is 0 Å². The third-order valence-corrected chi connectivity index (χ3v) is 2.49. The first-order valence-electron chi connectivity index (χ1n) is 4.47. The third kappa shape index (κ3) is 1.79. The number of carbonyl (C=O) groups excluding carboxylic acids is 1. The number of carbonyl (C=O) groups is 1. The fraction of sp³-hybridized carbons (Fsp3) is 0.0909. The van der Waals surface area contributed by atoms with E-state index in [2.05, 4.69) is 4.98 Å². The molecule has 5 heteroatoms. The molecule has 4 nitrogen and oxygen atoms in total.